The van der Waals surface area contributed by atoms with E-state index < -0.39 is 17.7 Å². The van der Waals surface area contributed by atoms with Crippen LogP contribution >= 0.6 is 0 Å². The maximum atomic E-state index is 13.4. The molecule has 0 spiro atoms. The van der Waals surface area contributed by atoms with Crippen molar-refractivity contribution in [2.24, 2.45) is 5.10 Å². The quantitative estimate of drug-likeness (QED) is 0.0843. The first-order valence-electron chi connectivity index (χ1n) is 14.0. The first-order valence-corrected chi connectivity index (χ1v) is 14.0. The minimum absolute atomic E-state index is 0.181. The molecule has 0 aliphatic heterocycles. The van der Waals surface area contributed by atoms with Gasteiger partial charge in [0.2, 0.25) is 0 Å². The van der Waals surface area contributed by atoms with Crippen LogP contribution in [0.4, 0.5) is 4.39 Å². The number of nitrogens with zero attached hydrogens (tertiary/aromatic N) is 2. The van der Waals surface area contributed by atoms with Crippen LogP contribution in [-0.2, 0) is 0 Å². The number of para-hydroxylation sites is 1. The highest BCUT2D eigenvalue weighted by Crippen LogP contribution is 2.29. The second-order valence-corrected chi connectivity index (χ2v) is 10.0. The lowest BCUT2D eigenvalue weighted by Gasteiger charge is -2.10. The van der Waals surface area contributed by atoms with Crippen LogP contribution in [-0.4, -0.2) is 30.2 Å². The third-order valence-corrected chi connectivity index (χ3v) is 7.10. The van der Waals surface area contributed by atoms with Crippen LogP contribution in [0.3, 0.4) is 0 Å². The van der Waals surface area contributed by atoms with Crippen LogP contribution in [0.5, 0.6) is 11.5 Å². The van der Waals surface area contributed by atoms with Crippen molar-refractivity contribution < 1.29 is 23.5 Å². The van der Waals surface area contributed by atoms with Gasteiger partial charge in [-0.3, -0.25) is 4.79 Å². The number of ether oxygens (including phenoxy) is 2. The van der Waals surface area contributed by atoms with Crippen LogP contribution in [0.2, 0.25) is 0 Å². The third-order valence-electron chi connectivity index (χ3n) is 7.10. The number of hydrogen-bond acceptors (Lipinski definition) is 6. The molecule has 0 fully saturated rings. The van der Waals surface area contributed by atoms with E-state index >= 15 is 0 Å². The predicted octanol–water partition coefficient (Wildman–Crippen LogP) is 7.70. The summed E-state index contributed by atoms with van der Waals surface area (Å²) in [6.07, 6.45) is 1.46. The van der Waals surface area contributed by atoms with E-state index in [-0.39, 0.29) is 17.1 Å². The number of fused-ring (bicyclic) bond motifs is 1. The van der Waals surface area contributed by atoms with E-state index in [1.165, 1.54) is 37.6 Å². The number of hydrazone groups is 1. The Balaban J connectivity index is 1.20. The number of rotatable bonds is 8. The molecular weight excluding hydrogens is 569 g/mol. The summed E-state index contributed by atoms with van der Waals surface area (Å²) in [5, 5.41) is 4.85. The molecule has 0 unspecified atom stereocenters. The van der Waals surface area contributed by atoms with Gasteiger partial charge in [0.1, 0.15) is 5.82 Å². The van der Waals surface area contributed by atoms with E-state index in [0.29, 0.717) is 27.7 Å². The molecule has 0 saturated carbocycles. The molecule has 8 heteroatoms. The Labute approximate surface area is 258 Å². The molecule has 6 rings (SSSR count). The van der Waals surface area contributed by atoms with Crippen molar-refractivity contribution in [1.29, 1.82) is 0 Å². The van der Waals surface area contributed by atoms with E-state index in [4.69, 9.17) is 14.5 Å². The first-order chi connectivity index (χ1) is 22.0. The fourth-order valence-electron chi connectivity index (χ4n) is 4.79. The Morgan fingerprint density at radius 2 is 1.44 bits per heavy atom. The molecule has 0 atom stereocenters. The van der Waals surface area contributed by atoms with E-state index in [2.05, 4.69) is 22.7 Å². The van der Waals surface area contributed by atoms with E-state index in [1.807, 2.05) is 66.7 Å². The number of carbonyl (C=O) groups excluding carboxylic acids is 2. The van der Waals surface area contributed by atoms with Gasteiger partial charge in [0.15, 0.2) is 11.5 Å². The molecule has 1 N–H and O–H groups in total. The Morgan fingerprint density at radius 3 is 2.20 bits per heavy atom. The SMILES string of the molecule is COc1cc(/C=N/NC(=O)c2cc(-c3ccc(-c4ccccc4)cc3)nc3ccccc23)ccc1OC(=O)c1ccc(F)cc1. The average molecular weight is 596 g/mol. The molecule has 45 heavy (non-hydrogen) atoms. The monoisotopic (exact) mass is 595 g/mol. The van der Waals surface area contributed by atoms with Gasteiger partial charge in [0.25, 0.3) is 5.91 Å². The van der Waals surface area contributed by atoms with Gasteiger partial charge < -0.3 is 9.47 Å². The van der Waals surface area contributed by atoms with Crippen molar-refractivity contribution >= 4 is 29.0 Å². The summed E-state index contributed by atoms with van der Waals surface area (Å²) in [6, 6.07) is 37.2. The number of carbonyl (C=O) groups is 2. The number of pyridine rings is 1. The van der Waals surface area contributed by atoms with Gasteiger partial charge >= 0.3 is 5.97 Å². The van der Waals surface area contributed by atoms with Gasteiger partial charge in [-0.15, -0.1) is 0 Å². The zero-order valence-electron chi connectivity index (χ0n) is 24.1. The third kappa shape index (κ3) is 6.60. The number of aromatic nitrogens is 1. The molecule has 0 radical (unpaired) electrons. The highest BCUT2D eigenvalue weighted by Gasteiger charge is 2.15. The van der Waals surface area contributed by atoms with Gasteiger partial charge in [0, 0.05) is 10.9 Å². The van der Waals surface area contributed by atoms with Crippen LogP contribution in [0, 0.1) is 5.82 Å². The lowest BCUT2D eigenvalue weighted by molar-refractivity contribution is 0.0729. The van der Waals surface area contributed by atoms with Crippen LogP contribution in [0.25, 0.3) is 33.3 Å². The normalized spacial score (nSPS) is 11.0. The van der Waals surface area contributed by atoms with Crippen LogP contribution < -0.4 is 14.9 Å². The van der Waals surface area contributed by atoms with E-state index in [9.17, 15) is 14.0 Å². The standard InChI is InChI=1S/C37H26FN3O4/c1-44-35-21-24(11-20-34(35)45-37(43)28-16-18-29(38)19-17-28)23-39-41-36(42)31-22-33(40-32-10-6-5-9-30(31)32)27-14-12-26(13-15-27)25-7-3-2-4-8-25/h2-23H,1H3,(H,41,42)/b39-23+. The number of methoxy groups -OCH3 is 1. The van der Waals surface area contributed by atoms with Crippen molar-refractivity contribution in [2.45, 2.75) is 0 Å². The fraction of sp³-hybridized carbons (Fsp3) is 0.0270. The van der Waals surface area contributed by atoms with Crippen molar-refractivity contribution in [3.05, 3.63) is 150 Å². The lowest BCUT2D eigenvalue weighted by atomic mass is 10.0. The highest BCUT2D eigenvalue weighted by molar-refractivity contribution is 6.07. The number of halogens is 1. The zero-order valence-corrected chi connectivity index (χ0v) is 24.1. The molecule has 220 valence electrons. The first kappa shape index (κ1) is 28.9. The summed E-state index contributed by atoms with van der Waals surface area (Å²) in [6.45, 7) is 0. The number of benzene rings is 5. The van der Waals surface area contributed by atoms with Crippen molar-refractivity contribution in [1.82, 2.24) is 10.4 Å². The minimum atomic E-state index is -0.655. The molecule has 0 saturated heterocycles. The summed E-state index contributed by atoms with van der Waals surface area (Å²) < 4.78 is 24.0. The second kappa shape index (κ2) is 13.0. The Kier molecular flexibility index (Phi) is 8.37. The summed E-state index contributed by atoms with van der Waals surface area (Å²) in [4.78, 5) is 30.6. The summed E-state index contributed by atoms with van der Waals surface area (Å²) in [5.41, 5.74) is 8.26. The minimum Gasteiger partial charge on any atom is -0.493 e. The van der Waals surface area contributed by atoms with E-state index in [1.54, 1.807) is 24.3 Å². The van der Waals surface area contributed by atoms with Gasteiger partial charge in [0.05, 0.1) is 35.7 Å². The molecule has 1 aromatic heterocycles. The number of amides is 1. The second-order valence-electron chi connectivity index (χ2n) is 10.0. The molecule has 5 aromatic carbocycles. The van der Waals surface area contributed by atoms with Crippen molar-refractivity contribution in [3.63, 3.8) is 0 Å². The maximum Gasteiger partial charge on any atom is 0.343 e. The largest absolute Gasteiger partial charge is 0.493 e. The predicted molar refractivity (Wildman–Crippen MR) is 172 cm³/mol. The molecule has 1 amide bonds. The number of hydrogen-bond donors (Lipinski definition) is 1. The fourth-order valence-corrected chi connectivity index (χ4v) is 4.79. The molecule has 0 bridgehead atoms. The van der Waals surface area contributed by atoms with Gasteiger partial charge in [-0.25, -0.2) is 19.6 Å². The Hall–Kier alpha value is -6.15. The van der Waals surface area contributed by atoms with E-state index in [0.717, 1.165) is 16.7 Å². The van der Waals surface area contributed by atoms with Gasteiger partial charge in [-0.05, 0) is 71.3 Å². The highest BCUT2D eigenvalue weighted by atomic mass is 19.1. The summed E-state index contributed by atoms with van der Waals surface area (Å²) >= 11 is 0. The lowest BCUT2D eigenvalue weighted by Crippen LogP contribution is -2.18. The van der Waals surface area contributed by atoms with Gasteiger partial charge in [-0.2, -0.15) is 5.10 Å². The molecule has 0 aliphatic carbocycles. The molecule has 0 aliphatic rings. The van der Waals surface area contributed by atoms with Crippen molar-refractivity contribution in [2.75, 3.05) is 7.11 Å². The number of esters is 1. The molecule has 7 nitrogen and oxygen atoms in total. The van der Waals surface area contributed by atoms with Crippen molar-refractivity contribution in [3.8, 4) is 33.9 Å². The zero-order chi connectivity index (χ0) is 31.2. The van der Waals surface area contributed by atoms with Crippen LogP contribution in [0.15, 0.2) is 132 Å². The smallest absolute Gasteiger partial charge is 0.343 e. The molecular formula is C37H26FN3O4. The Morgan fingerprint density at radius 1 is 0.756 bits per heavy atom. The summed E-state index contributed by atoms with van der Waals surface area (Å²) in [7, 11) is 1.44. The topological polar surface area (TPSA) is 89.9 Å². The maximum absolute atomic E-state index is 13.4. The van der Waals surface area contributed by atoms with Crippen LogP contribution in [0.1, 0.15) is 26.3 Å². The number of nitrogens with one attached hydrogen (secondary N) is 1. The van der Waals surface area contributed by atoms with Gasteiger partial charge in [-0.1, -0.05) is 72.8 Å². The molecule has 6 aromatic rings. The average Bonchev–Trinajstić information content (AvgIpc) is 3.09. The molecule has 1 heterocycles. The Bertz CT molecular complexity index is 2030. The summed E-state index contributed by atoms with van der Waals surface area (Å²) in [5.74, 6) is -1.04.